The molecule has 0 spiro atoms. The van der Waals surface area contributed by atoms with Gasteiger partial charge < -0.3 is 19.9 Å². The number of nitrogens with zero attached hydrogens (tertiary/aromatic N) is 8. The number of anilines is 2. The van der Waals surface area contributed by atoms with Crippen LogP contribution < -0.4 is 10.2 Å². The molecule has 0 bridgehead atoms. The molecule has 232 valence electrons. The van der Waals surface area contributed by atoms with E-state index in [1.807, 2.05) is 27.8 Å². The summed E-state index contributed by atoms with van der Waals surface area (Å²) in [6.07, 6.45) is 2.41. The molecule has 45 heavy (non-hydrogen) atoms. The van der Waals surface area contributed by atoms with E-state index < -0.39 is 17.5 Å². The van der Waals surface area contributed by atoms with Gasteiger partial charge in [-0.2, -0.15) is 14.6 Å². The number of benzene rings is 1. The highest BCUT2D eigenvalue weighted by Crippen LogP contribution is 2.39. The molecule has 12 nitrogen and oxygen atoms in total. The lowest BCUT2D eigenvalue weighted by Gasteiger charge is -2.36. The van der Waals surface area contributed by atoms with Gasteiger partial charge in [0.05, 0.1) is 17.5 Å². The van der Waals surface area contributed by atoms with E-state index in [0.29, 0.717) is 54.3 Å². The van der Waals surface area contributed by atoms with Crippen LogP contribution in [0.25, 0.3) is 28.2 Å². The van der Waals surface area contributed by atoms with Gasteiger partial charge in [0.25, 0.3) is 5.91 Å². The average molecular weight is 616 g/mol. The van der Waals surface area contributed by atoms with Crippen LogP contribution >= 0.6 is 0 Å². The van der Waals surface area contributed by atoms with Crippen LogP contribution in [-0.2, 0) is 11.8 Å². The maximum absolute atomic E-state index is 13.9. The fourth-order valence-corrected chi connectivity index (χ4v) is 5.16. The Balaban J connectivity index is 1.34. The minimum atomic E-state index is -0.764. The molecule has 0 radical (unpaired) electrons. The lowest BCUT2D eigenvalue weighted by molar-refractivity contribution is 0.0240. The average Bonchev–Trinajstić information content (AvgIpc) is 3.56. The molecule has 0 unspecified atom stereocenters. The molecule has 1 aliphatic heterocycles. The topological polar surface area (TPSA) is 123 Å². The summed E-state index contributed by atoms with van der Waals surface area (Å²) in [6.45, 7) is 7.45. The van der Waals surface area contributed by atoms with Crippen molar-refractivity contribution < 1.29 is 23.1 Å². The molecular formula is C31H31F2N9O3. The molecule has 1 N–H and O–H groups in total. The van der Waals surface area contributed by atoms with Crippen LogP contribution in [0, 0.1) is 11.8 Å². The fraction of sp³-hybridized carbons (Fsp3) is 0.290. The number of aryl methyl sites for hydroxylation is 1. The molecule has 5 aromatic rings. The summed E-state index contributed by atoms with van der Waals surface area (Å²) in [5.41, 5.74) is 2.55. The summed E-state index contributed by atoms with van der Waals surface area (Å²) in [4.78, 5) is 37.1. The Kier molecular flexibility index (Phi) is 7.64. The predicted molar refractivity (Wildman–Crippen MR) is 163 cm³/mol. The number of carbonyl (C=O) groups excluding carboxylic acids is 2. The van der Waals surface area contributed by atoms with Crippen molar-refractivity contribution in [3.8, 4) is 22.5 Å². The van der Waals surface area contributed by atoms with Gasteiger partial charge >= 0.3 is 6.09 Å². The third kappa shape index (κ3) is 6.30. The summed E-state index contributed by atoms with van der Waals surface area (Å²) < 4.78 is 36.2. The maximum Gasteiger partial charge on any atom is 0.410 e. The van der Waals surface area contributed by atoms with Crippen LogP contribution in [0.3, 0.4) is 0 Å². The van der Waals surface area contributed by atoms with Crippen molar-refractivity contribution in [3.63, 3.8) is 0 Å². The highest BCUT2D eigenvalue weighted by atomic mass is 19.1. The number of rotatable bonds is 5. The van der Waals surface area contributed by atoms with Crippen molar-refractivity contribution >= 4 is 29.3 Å². The molecule has 0 saturated carbocycles. The van der Waals surface area contributed by atoms with Crippen molar-refractivity contribution in [1.29, 1.82) is 0 Å². The number of ether oxygens (including phenoxy) is 1. The second-order valence-electron chi connectivity index (χ2n) is 11.6. The zero-order valence-corrected chi connectivity index (χ0v) is 25.2. The molecule has 2 amide bonds. The lowest BCUT2D eigenvalue weighted by atomic mass is 10.0. The number of fused-ring (bicyclic) bond motifs is 1. The number of pyridine rings is 1. The van der Waals surface area contributed by atoms with Crippen LogP contribution in [-0.4, -0.2) is 78.0 Å². The van der Waals surface area contributed by atoms with E-state index in [1.165, 1.54) is 28.9 Å². The van der Waals surface area contributed by atoms with E-state index in [1.54, 1.807) is 40.0 Å². The molecule has 6 rings (SSSR count). The smallest absolute Gasteiger partial charge is 0.410 e. The van der Waals surface area contributed by atoms with E-state index in [0.717, 1.165) is 11.9 Å². The van der Waals surface area contributed by atoms with Gasteiger partial charge in [0.15, 0.2) is 11.5 Å². The zero-order chi connectivity index (χ0) is 31.9. The van der Waals surface area contributed by atoms with E-state index >= 15 is 0 Å². The van der Waals surface area contributed by atoms with Crippen LogP contribution in [0.1, 0.15) is 31.1 Å². The van der Waals surface area contributed by atoms with Crippen molar-refractivity contribution in [1.82, 2.24) is 34.3 Å². The Hall–Kier alpha value is -5.40. The van der Waals surface area contributed by atoms with Gasteiger partial charge in [0, 0.05) is 56.6 Å². The summed E-state index contributed by atoms with van der Waals surface area (Å²) >= 11 is 0. The summed E-state index contributed by atoms with van der Waals surface area (Å²) in [5.74, 6) is -0.668. The molecule has 1 fully saturated rings. The number of halogens is 2. The highest BCUT2D eigenvalue weighted by Gasteiger charge is 2.30. The van der Waals surface area contributed by atoms with E-state index in [4.69, 9.17) is 14.9 Å². The summed E-state index contributed by atoms with van der Waals surface area (Å²) in [7, 11) is 1.83. The molecular weight excluding hydrogens is 584 g/mol. The minimum absolute atomic E-state index is 0.101. The molecule has 1 aromatic carbocycles. The maximum atomic E-state index is 13.9. The number of nitrogens with one attached hydrogen (secondary N) is 1. The van der Waals surface area contributed by atoms with Gasteiger partial charge in [0.2, 0.25) is 5.95 Å². The predicted octanol–water partition coefficient (Wildman–Crippen LogP) is 4.78. The van der Waals surface area contributed by atoms with Gasteiger partial charge in [-0.25, -0.2) is 23.7 Å². The Morgan fingerprint density at radius 1 is 0.956 bits per heavy atom. The second kappa shape index (κ2) is 11.6. The largest absolute Gasteiger partial charge is 0.444 e. The zero-order valence-electron chi connectivity index (χ0n) is 25.2. The molecule has 1 aliphatic rings. The van der Waals surface area contributed by atoms with E-state index in [2.05, 4.69) is 20.2 Å². The fourth-order valence-electron chi connectivity index (χ4n) is 5.16. The van der Waals surface area contributed by atoms with Crippen molar-refractivity contribution in [3.05, 3.63) is 78.3 Å². The number of hydrogen-bond donors (Lipinski definition) is 1. The standard InChI is InChI=1S/C31H31F2N9O3/c1-31(2,3)45-30(44)41-15-13-40(14-16-41)29-26(27(38-39(29)4)19-5-7-21(32)8-6-19)22-9-10-25-35-24(18-42(25)37-22)36-28(43)20-11-12-34-23(33)17-20/h5-12,17-18H,13-16H2,1-4H3,(H,36,43). The first-order chi connectivity index (χ1) is 21.4. The quantitative estimate of drug-likeness (QED) is 0.281. The number of imidazole rings is 1. The molecule has 0 atom stereocenters. The molecule has 14 heteroatoms. The Bertz CT molecular complexity index is 1890. The molecule has 5 heterocycles. The van der Waals surface area contributed by atoms with Crippen LogP contribution in [0.2, 0.25) is 0 Å². The summed E-state index contributed by atoms with van der Waals surface area (Å²) in [6, 6.07) is 12.1. The second-order valence-corrected chi connectivity index (χ2v) is 11.6. The first-order valence-electron chi connectivity index (χ1n) is 14.3. The van der Waals surface area contributed by atoms with E-state index in [-0.39, 0.29) is 23.3 Å². The van der Waals surface area contributed by atoms with Gasteiger partial charge in [-0.1, -0.05) is 0 Å². The Labute approximate surface area is 257 Å². The van der Waals surface area contributed by atoms with Crippen molar-refractivity contribution in [2.24, 2.45) is 7.05 Å². The Morgan fingerprint density at radius 3 is 2.38 bits per heavy atom. The normalized spacial score (nSPS) is 13.7. The van der Waals surface area contributed by atoms with Gasteiger partial charge in [-0.3, -0.25) is 9.48 Å². The third-order valence-corrected chi connectivity index (χ3v) is 7.17. The van der Waals surface area contributed by atoms with Crippen molar-refractivity contribution in [2.45, 2.75) is 26.4 Å². The number of aromatic nitrogens is 6. The lowest BCUT2D eigenvalue weighted by Crippen LogP contribution is -2.50. The van der Waals surface area contributed by atoms with Gasteiger partial charge in [0.1, 0.15) is 22.9 Å². The minimum Gasteiger partial charge on any atom is -0.444 e. The highest BCUT2D eigenvalue weighted by molar-refractivity contribution is 6.03. The first kappa shape index (κ1) is 29.7. The monoisotopic (exact) mass is 615 g/mol. The van der Waals surface area contributed by atoms with Crippen LogP contribution in [0.5, 0.6) is 0 Å². The van der Waals surface area contributed by atoms with Crippen molar-refractivity contribution in [2.75, 3.05) is 36.4 Å². The van der Waals surface area contributed by atoms with Gasteiger partial charge in [-0.05, 0) is 63.2 Å². The molecule has 4 aromatic heterocycles. The summed E-state index contributed by atoms with van der Waals surface area (Å²) in [5, 5.41) is 12.3. The number of carbonyl (C=O) groups is 2. The van der Waals surface area contributed by atoms with Crippen LogP contribution in [0.15, 0.2) is 60.9 Å². The first-order valence-corrected chi connectivity index (χ1v) is 14.3. The van der Waals surface area contributed by atoms with Gasteiger partial charge in [-0.15, -0.1) is 0 Å². The molecule has 1 saturated heterocycles. The Morgan fingerprint density at radius 2 is 1.69 bits per heavy atom. The van der Waals surface area contributed by atoms with E-state index in [9.17, 15) is 18.4 Å². The molecule has 0 aliphatic carbocycles. The SMILES string of the molecule is Cn1nc(-c2ccc(F)cc2)c(-c2ccc3nc(NC(=O)c4ccnc(F)c4)cn3n2)c1N1CCN(C(=O)OC(C)(C)C)CC1. The number of amides is 2. The number of piperazine rings is 1. The number of hydrogen-bond acceptors (Lipinski definition) is 8. The third-order valence-electron chi connectivity index (χ3n) is 7.17. The van der Waals surface area contributed by atoms with Crippen LogP contribution in [0.4, 0.5) is 25.2 Å².